The van der Waals surface area contributed by atoms with E-state index in [2.05, 4.69) is 10.2 Å². The van der Waals surface area contributed by atoms with Crippen molar-refractivity contribution in [1.29, 1.82) is 0 Å². The van der Waals surface area contributed by atoms with Gasteiger partial charge in [-0.1, -0.05) is 25.4 Å². The molecule has 1 aliphatic heterocycles. The number of piperazine rings is 1. The van der Waals surface area contributed by atoms with Gasteiger partial charge in [-0.15, -0.1) is 0 Å². The van der Waals surface area contributed by atoms with Crippen LogP contribution in [0.1, 0.15) is 20.3 Å². The van der Waals surface area contributed by atoms with Gasteiger partial charge >= 0.3 is 6.09 Å². The van der Waals surface area contributed by atoms with Gasteiger partial charge in [-0.3, -0.25) is 9.69 Å². The normalized spacial score (nSPS) is 15.3. The molecule has 1 saturated heterocycles. The number of amides is 2. The van der Waals surface area contributed by atoms with Crippen molar-refractivity contribution in [1.82, 2.24) is 9.80 Å². The Hall–Kier alpha value is -1.79. The number of anilines is 1. The molecule has 0 aliphatic carbocycles. The molecule has 1 N–H and O–H groups in total. The maximum absolute atomic E-state index is 12.0. The summed E-state index contributed by atoms with van der Waals surface area (Å²) in [5, 5.41) is 3.50. The fraction of sp³-hybridized carbons (Fsp3) is 0.556. The largest absolute Gasteiger partial charge is 0.449 e. The van der Waals surface area contributed by atoms with Gasteiger partial charge in [-0.2, -0.15) is 0 Å². The van der Waals surface area contributed by atoms with Crippen LogP contribution in [0, 0.1) is 5.92 Å². The molecule has 7 heteroatoms. The lowest BCUT2D eigenvalue weighted by atomic mass is 10.2. The molecule has 138 valence electrons. The molecule has 0 spiro atoms. The Labute approximate surface area is 154 Å². The summed E-state index contributed by atoms with van der Waals surface area (Å²) in [6.07, 6.45) is 0.175. The van der Waals surface area contributed by atoms with Crippen LogP contribution in [0.3, 0.4) is 0 Å². The average Bonchev–Trinajstić information content (AvgIpc) is 2.60. The number of nitrogens with one attached hydrogen (secondary N) is 1. The van der Waals surface area contributed by atoms with Crippen molar-refractivity contribution >= 4 is 29.3 Å². The van der Waals surface area contributed by atoms with E-state index in [4.69, 9.17) is 16.3 Å². The van der Waals surface area contributed by atoms with Crippen molar-refractivity contribution in [2.45, 2.75) is 20.3 Å². The van der Waals surface area contributed by atoms with Crippen LogP contribution in [0.2, 0.25) is 5.02 Å². The zero-order valence-corrected chi connectivity index (χ0v) is 15.6. The summed E-state index contributed by atoms with van der Waals surface area (Å²) in [6, 6.07) is 7.05. The van der Waals surface area contributed by atoms with Crippen molar-refractivity contribution in [3.8, 4) is 0 Å². The summed E-state index contributed by atoms with van der Waals surface area (Å²) in [6.45, 7) is 7.93. The minimum atomic E-state index is -0.242. The summed E-state index contributed by atoms with van der Waals surface area (Å²) < 4.78 is 5.25. The standard InChI is InChI=1S/C18H26ClN3O3/c1-14(2)13-25-18(24)22-11-9-21(10-12-22)8-7-17(23)20-16-5-3-15(19)4-6-16/h3-6,14H,7-13H2,1-2H3,(H,20,23). The first-order valence-electron chi connectivity index (χ1n) is 8.63. The number of halogens is 1. The summed E-state index contributed by atoms with van der Waals surface area (Å²) in [5.41, 5.74) is 0.743. The van der Waals surface area contributed by atoms with Gasteiger partial charge in [0.1, 0.15) is 0 Å². The van der Waals surface area contributed by atoms with E-state index in [1.807, 2.05) is 13.8 Å². The monoisotopic (exact) mass is 367 g/mol. The van der Waals surface area contributed by atoms with Gasteiger partial charge in [-0.05, 0) is 30.2 Å². The van der Waals surface area contributed by atoms with Crippen molar-refractivity contribution in [3.63, 3.8) is 0 Å². The first kappa shape index (κ1) is 19.5. The second-order valence-corrected chi connectivity index (χ2v) is 7.04. The number of rotatable bonds is 6. The SMILES string of the molecule is CC(C)COC(=O)N1CCN(CCC(=O)Nc2ccc(Cl)cc2)CC1. The van der Waals surface area contributed by atoms with Crippen molar-refractivity contribution in [3.05, 3.63) is 29.3 Å². The van der Waals surface area contributed by atoms with Crippen LogP contribution in [0.25, 0.3) is 0 Å². The van der Waals surface area contributed by atoms with Gasteiger partial charge in [0.25, 0.3) is 0 Å². The van der Waals surface area contributed by atoms with Crippen molar-refractivity contribution in [2.75, 3.05) is 44.6 Å². The molecular formula is C18H26ClN3O3. The molecule has 2 rings (SSSR count). The van der Waals surface area contributed by atoms with Crippen LogP contribution in [-0.4, -0.2) is 61.1 Å². The molecule has 0 unspecified atom stereocenters. The summed E-state index contributed by atoms with van der Waals surface area (Å²) >= 11 is 5.82. The summed E-state index contributed by atoms with van der Waals surface area (Å²) in [5.74, 6) is 0.311. The summed E-state index contributed by atoms with van der Waals surface area (Å²) in [7, 11) is 0. The van der Waals surface area contributed by atoms with Gasteiger partial charge in [0.2, 0.25) is 5.91 Å². The van der Waals surface area contributed by atoms with E-state index in [-0.39, 0.29) is 12.0 Å². The molecule has 1 aliphatic rings. The topological polar surface area (TPSA) is 61.9 Å². The highest BCUT2D eigenvalue weighted by atomic mass is 35.5. The first-order valence-corrected chi connectivity index (χ1v) is 9.01. The number of hydrogen-bond donors (Lipinski definition) is 1. The predicted molar refractivity (Wildman–Crippen MR) is 98.9 cm³/mol. The van der Waals surface area contributed by atoms with Gasteiger partial charge in [-0.25, -0.2) is 4.79 Å². The van der Waals surface area contributed by atoms with E-state index in [0.29, 0.717) is 43.6 Å². The Bertz CT molecular complexity index is 569. The molecule has 2 amide bonds. The molecule has 1 heterocycles. The van der Waals surface area contributed by atoms with E-state index in [1.165, 1.54) is 0 Å². The van der Waals surface area contributed by atoms with Crippen molar-refractivity contribution in [2.24, 2.45) is 5.92 Å². The molecule has 6 nitrogen and oxygen atoms in total. The van der Waals surface area contributed by atoms with Crippen molar-refractivity contribution < 1.29 is 14.3 Å². The van der Waals surface area contributed by atoms with E-state index in [9.17, 15) is 9.59 Å². The molecule has 1 fully saturated rings. The Balaban J connectivity index is 1.65. The van der Waals surface area contributed by atoms with E-state index < -0.39 is 0 Å². The van der Waals surface area contributed by atoms with E-state index in [0.717, 1.165) is 18.8 Å². The molecule has 0 radical (unpaired) electrons. The highest BCUT2D eigenvalue weighted by Gasteiger charge is 2.22. The Kier molecular flexibility index (Phi) is 7.52. The third-order valence-electron chi connectivity index (χ3n) is 3.95. The minimum Gasteiger partial charge on any atom is -0.449 e. The lowest BCUT2D eigenvalue weighted by molar-refractivity contribution is -0.116. The quantitative estimate of drug-likeness (QED) is 0.839. The Morgan fingerprint density at radius 1 is 1.16 bits per heavy atom. The predicted octanol–water partition coefficient (Wildman–Crippen LogP) is 3.08. The maximum atomic E-state index is 12.0. The summed E-state index contributed by atoms with van der Waals surface area (Å²) in [4.78, 5) is 27.8. The molecular weight excluding hydrogens is 342 g/mol. The van der Waals surface area contributed by atoms with Crippen LogP contribution in [0.4, 0.5) is 10.5 Å². The molecule has 0 aromatic heterocycles. The number of ether oxygens (including phenoxy) is 1. The van der Waals surface area contributed by atoms with E-state index in [1.54, 1.807) is 29.2 Å². The van der Waals surface area contributed by atoms with Gasteiger partial charge < -0.3 is 15.0 Å². The molecule has 0 bridgehead atoms. The number of carbonyl (C=O) groups is 2. The highest BCUT2D eigenvalue weighted by Crippen LogP contribution is 2.13. The molecule has 0 atom stereocenters. The second-order valence-electron chi connectivity index (χ2n) is 6.60. The molecule has 0 saturated carbocycles. The van der Waals surface area contributed by atoms with Crippen LogP contribution >= 0.6 is 11.6 Å². The van der Waals surface area contributed by atoms with E-state index >= 15 is 0 Å². The molecule has 1 aromatic carbocycles. The lowest BCUT2D eigenvalue weighted by Crippen LogP contribution is -2.49. The average molecular weight is 368 g/mol. The number of benzene rings is 1. The van der Waals surface area contributed by atoms with Gasteiger partial charge in [0.15, 0.2) is 0 Å². The zero-order chi connectivity index (χ0) is 18.2. The van der Waals surface area contributed by atoms with Gasteiger partial charge in [0, 0.05) is 49.9 Å². The number of carbonyl (C=O) groups excluding carboxylic acids is 2. The Morgan fingerprint density at radius 3 is 2.40 bits per heavy atom. The van der Waals surface area contributed by atoms with Crippen LogP contribution in [-0.2, 0) is 9.53 Å². The number of hydrogen-bond acceptors (Lipinski definition) is 4. The third kappa shape index (κ3) is 6.92. The minimum absolute atomic E-state index is 0.0268. The lowest BCUT2D eigenvalue weighted by Gasteiger charge is -2.34. The fourth-order valence-corrected chi connectivity index (χ4v) is 2.63. The number of nitrogens with zero attached hydrogens (tertiary/aromatic N) is 2. The first-order chi connectivity index (χ1) is 11.9. The van der Waals surface area contributed by atoms with Crippen LogP contribution in [0.15, 0.2) is 24.3 Å². The smallest absolute Gasteiger partial charge is 0.409 e. The van der Waals surface area contributed by atoms with Crippen LogP contribution in [0.5, 0.6) is 0 Å². The molecule has 25 heavy (non-hydrogen) atoms. The molecule has 1 aromatic rings. The maximum Gasteiger partial charge on any atom is 0.409 e. The zero-order valence-electron chi connectivity index (χ0n) is 14.8. The van der Waals surface area contributed by atoms with Gasteiger partial charge in [0.05, 0.1) is 6.61 Å². The second kappa shape index (κ2) is 9.63. The Morgan fingerprint density at radius 2 is 1.80 bits per heavy atom. The third-order valence-corrected chi connectivity index (χ3v) is 4.21. The highest BCUT2D eigenvalue weighted by molar-refractivity contribution is 6.30. The fourth-order valence-electron chi connectivity index (χ4n) is 2.50. The van der Waals surface area contributed by atoms with Crippen LogP contribution < -0.4 is 5.32 Å².